The van der Waals surface area contributed by atoms with Crippen molar-refractivity contribution >= 4 is 12.3 Å². The predicted molar refractivity (Wildman–Crippen MR) is 57.2 cm³/mol. The van der Waals surface area contributed by atoms with Crippen LogP contribution < -0.4 is 0 Å². The zero-order valence-electron chi connectivity index (χ0n) is 9.49. The van der Waals surface area contributed by atoms with E-state index in [4.69, 9.17) is 9.52 Å². The fraction of sp³-hybridized carbons (Fsp3) is 0.500. The van der Waals surface area contributed by atoms with Crippen LogP contribution in [0.15, 0.2) is 4.42 Å². The molecule has 0 bridgehead atoms. The first-order valence-corrected chi connectivity index (χ1v) is 5.69. The summed E-state index contributed by atoms with van der Waals surface area (Å²) in [6.07, 6.45) is 0.366. The lowest BCUT2D eigenvalue weighted by atomic mass is 9.99. The van der Waals surface area contributed by atoms with Crippen molar-refractivity contribution in [1.82, 2.24) is 0 Å². The molecule has 1 heterocycles. The standard InChI is InChI=1S/C12H12F2O4/c13-11(14)10-7(5-15)8(12(16)17)9(18-10)6-3-1-2-4-6/h5-6,11H,1-4H2,(H,16,17). The van der Waals surface area contributed by atoms with E-state index in [2.05, 4.69) is 0 Å². The molecule has 0 radical (unpaired) electrons. The summed E-state index contributed by atoms with van der Waals surface area (Å²) in [4.78, 5) is 22.0. The van der Waals surface area contributed by atoms with E-state index in [0.717, 1.165) is 12.8 Å². The molecule has 0 atom stereocenters. The zero-order chi connectivity index (χ0) is 13.3. The first-order valence-electron chi connectivity index (χ1n) is 5.69. The van der Waals surface area contributed by atoms with Gasteiger partial charge in [-0.25, -0.2) is 13.6 Å². The molecule has 98 valence electrons. The van der Waals surface area contributed by atoms with Crippen LogP contribution in [0.2, 0.25) is 0 Å². The Morgan fingerprint density at radius 2 is 2.00 bits per heavy atom. The van der Waals surface area contributed by atoms with Gasteiger partial charge < -0.3 is 9.52 Å². The summed E-state index contributed by atoms with van der Waals surface area (Å²) in [5, 5.41) is 9.07. The van der Waals surface area contributed by atoms with Crippen LogP contribution >= 0.6 is 0 Å². The van der Waals surface area contributed by atoms with E-state index in [1.807, 2.05) is 0 Å². The Bertz CT molecular complexity index is 473. The summed E-state index contributed by atoms with van der Waals surface area (Å²) in [5.41, 5.74) is -0.924. The van der Waals surface area contributed by atoms with Gasteiger partial charge in [-0.1, -0.05) is 12.8 Å². The van der Waals surface area contributed by atoms with Crippen molar-refractivity contribution in [2.45, 2.75) is 38.0 Å². The smallest absolute Gasteiger partial charge is 0.340 e. The minimum Gasteiger partial charge on any atom is -0.478 e. The summed E-state index contributed by atoms with van der Waals surface area (Å²) in [6, 6.07) is 0. The highest BCUT2D eigenvalue weighted by atomic mass is 19.3. The largest absolute Gasteiger partial charge is 0.478 e. The monoisotopic (exact) mass is 258 g/mol. The second-order valence-corrected chi connectivity index (χ2v) is 4.32. The molecule has 1 N–H and O–H groups in total. The molecule has 0 saturated heterocycles. The summed E-state index contributed by atoms with van der Waals surface area (Å²) in [6.45, 7) is 0. The van der Waals surface area contributed by atoms with Crippen molar-refractivity contribution in [2.75, 3.05) is 0 Å². The van der Waals surface area contributed by atoms with E-state index >= 15 is 0 Å². The topological polar surface area (TPSA) is 67.5 Å². The minimum atomic E-state index is -2.99. The Labute approximate surface area is 102 Å². The fourth-order valence-corrected chi connectivity index (χ4v) is 2.46. The first kappa shape index (κ1) is 12.7. The number of hydrogen-bond acceptors (Lipinski definition) is 3. The maximum atomic E-state index is 12.7. The van der Waals surface area contributed by atoms with Gasteiger partial charge in [-0.3, -0.25) is 4.79 Å². The van der Waals surface area contributed by atoms with Crippen LogP contribution in [0.1, 0.15) is 70.3 Å². The Balaban J connectivity index is 2.56. The number of carbonyl (C=O) groups excluding carboxylic acids is 1. The zero-order valence-corrected chi connectivity index (χ0v) is 9.49. The van der Waals surface area contributed by atoms with Gasteiger partial charge in [-0.2, -0.15) is 0 Å². The number of carbonyl (C=O) groups is 2. The van der Waals surface area contributed by atoms with Gasteiger partial charge in [0.25, 0.3) is 6.43 Å². The molecule has 0 aromatic carbocycles. The second kappa shape index (κ2) is 4.88. The Kier molecular flexibility index (Phi) is 3.45. The Morgan fingerprint density at radius 1 is 1.39 bits per heavy atom. The lowest BCUT2D eigenvalue weighted by Gasteiger charge is -2.06. The molecule has 18 heavy (non-hydrogen) atoms. The van der Waals surface area contributed by atoms with Gasteiger partial charge in [0.05, 0.1) is 5.56 Å². The van der Waals surface area contributed by atoms with Crippen molar-refractivity contribution in [1.29, 1.82) is 0 Å². The molecule has 6 heteroatoms. The van der Waals surface area contributed by atoms with Crippen molar-refractivity contribution < 1.29 is 27.9 Å². The van der Waals surface area contributed by atoms with Gasteiger partial charge in [0.2, 0.25) is 0 Å². The van der Waals surface area contributed by atoms with Gasteiger partial charge in [-0.15, -0.1) is 0 Å². The predicted octanol–water partition coefficient (Wildman–Crippen LogP) is 3.39. The van der Waals surface area contributed by atoms with E-state index in [1.54, 1.807) is 0 Å². The maximum absolute atomic E-state index is 12.7. The van der Waals surface area contributed by atoms with Crippen LogP contribution in [0.25, 0.3) is 0 Å². The summed E-state index contributed by atoms with van der Waals surface area (Å²) < 4.78 is 30.4. The van der Waals surface area contributed by atoms with Gasteiger partial charge in [0.15, 0.2) is 12.0 Å². The number of alkyl halides is 2. The van der Waals surface area contributed by atoms with Gasteiger partial charge in [0.1, 0.15) is 11.3 Å². The van der Waals surface area contributed by atoms with E-state index in [-0.39, 0.29) is 18.0 Å². The van der Waals surface area contributed by atoms with Crippen molar-refractivity contribution in [3.8, 4) is 0 Å². The molecular formula is C12H12F2O4. The van der Waals surface area contributed by atoms with Crippen LogP contribution in [0.5, 0.6) is 0 Å². The van der Waals surface area contributed by atoms with E-state index in [0.29, 0.717) is 12.8 Å². The van der Waals surface area contributed by atoms with Crippen LogP contribution in [0.3, 0.4) is 0 Å². The van der Waals surface area contributed by atoms with Crippen molar-refractivity contribution in [3.63, 3.8) is 0 Å². The lowest BCUT2D eigenvalue weighted by molar-refractivity contribution is 0.0691. The summed E-state index contributed by atoms with van der Waals surface area (Å²) >= 11 is 0. The van der Waals surface area contributed by atoms with Gasteiger partial charge >= 0.3 is 5.97 Å². The number of carboxylic acid groups (broad SMARTS) is 1. The minimum absolute atomic E-state index is 0.0254. The quantitative estimate of drug-likeness (QED) is 0.840. The molecule has 1 aromatic rings. The molecule has 1 saturated carbocycles. The van der Waals surface area contributed by atoms with Crippen LogP contribution in [-0.2, 0) is 0 Å². The average Bonchev–Trinajstić information content (AvgIpc) is 2.94. The molecule has 1 aromatic heterocycles. The SMILES string of the molecule is O=Cc1c(C(F)F)oc(C2CCCC2)c1C(=O)O. The highest BCUT2D eigenvalue weighted by Crippen LogP contribution is 2.40. The van der Waals surface area contributed by atoms with Crippen LogP contribution in [-0.4, -0.2) is 17.4 Å². The first-order chi connectivity index (χ1) is 8.56. The number of hydrogen-bond donors (Lipinski definition) is 1. The van der Waals surface area contributed by atoms with Crippen molar-refractivity contribution in [3.05, 3.63) is 22.6 Å². The fourth-order valence-electron chi connectivity index (χ4n) is 2.46. The normalized spacial score (nSPS) is 16.4. The van der Waals surface area contributed by atoms with Gasteiger partial charge in [0, 0.05) is 5.92 Å². The average molecular weight is 258 g/mol. The van der Waals surface area contributed by atoms with Crippen LogP contribution in [0.4, 0.5) is 8.78 Å². The van der Waals surface area contributed by atoms with E-state index in [1.165, 1.54) is 0 Å². The Hall–Kier alpha value is -1.72. The lowest BCUT2D eigenvalue weighted by Crippen LogP contribution is -2.05. The van der Waals surface area contributed by atoms with Crippen LogP contribution in [0, 0.1) is 0 Å². The number of aldehydes is 1. The highest BCUT2D eigenvalue weighted by Gasteiger charge is 2.34. The third-order valence-electron chi connectivity index (χ3n) is 3.26. The number of halogens is 2. The molecule has 0 unspecified atom stereocenters. The maximum Gasteiger partial charge on any atom is 0.340 e. The highest BCUT2D eigenvalue weighted by molar-refractivity contribution is 5.99. The van der Waals surface area contributed by atoms with Crippen molar-refractivity contribution in [2.24, 2.45) is 0 Å². The second-order valence-electron chi connectivity index (χ2n) is 4.32. The molecule has 1 aliphatic carbocycles. The molecule has 0 aliphatic heterocycles. The summed E-state index contributed by atoms with van der Waals surface area (Å²) in [7, 11) is 0. The molecular weight excluding hydrogens is 246 g/mol. The third kappa shape index (κ3) is 2.02. The molecule has 1 fully saturated rings. The van der Waals surface area contributed by atoms with E-state index < -0.39 is 29.3 Å². The van der Waals surface area contributed by atoms with Gasteiger partial charge in [-0.05, 0) is 12.8 Å². The number of aromatic carboxylic acids is 1. The third-order valence-corrected chi connectivity index (χ3v) is 3.26. The molecule has 0 amide bonds. The summed E-state index contributed by atoms with van der Waals surface area (Å²) in [5.74, 6) is -2.38. The molecule has 2 rings (SSSR count). The number of furan rings is 1. The molecule has 4 nitrogen and oxygen atoms in total. The number of rotatable bonds is 4. The molecule has 1 aliphatic rings. The number of carboxylic acids is 1. The Morgan fingerprint density at radius 3 is 2.44 bits per heavy atom. The van der Waals surface area contributed by atoms with E-state index in [9.17, 15) is 18.4 Å². The molecule has 0 spiro atoms.